The number of hydrogen-bond donors (Lipinski definition) is 1. The SMILES string of the molecule is OCCSc1nnc(CCSCc2ccccc2)n1Cc1ccccc1. The average molecular weight is 386 g/mol. The van der Waals surface area contributed by atoms with Crippen molar-refractivity contribution < 1.29 is 5.11 Å². The first kappa shape index (κ1) is 19.0. The lowest BCUT2D eigenvalue weighted by molar-refractivity contribution is 0.322. The summed E-state index contributed by atoms with van der Waals surface area (Å²) in [6.45, 7) is 0.908. The fraction of sp³-hybridized carbons (Fsp3) is 0.300. The van der Waals surface area contributed by atoms with Crippen molar-refractivity contribution in [1.82, 2.24) is 14.8 Å². The summed E-state index contributed by atoms with van der Waals surface area (Å²) in [5.74, 6) is 3.66. The van der Waals surface area contributed by atoms with E-state index in [2.05, 4.69) is 63.3 Å². The molecule has 0 spiro atoms. The van der Waals surface area contributed by atoms with Gasteiger partial charge in [0, 0.05) is 23.7 Å². The number of aliphatic hydroxyl groups is 1. The van der Waals surface area contributed by atoms with Crippen LogP contribution in [0.2, 0.25) is 0 Å². The van der Waals surface area contributed by atoms with E-state index in [0.717, 1.165) is 35.5 Å². The molecule has 0 amide bonds. The summed E-state index contributed by atoms with van der Waals surface area (Å²) < 4.78 is 2.18. The predicted octanol–water partition coefficient (Wildman–Crippen LogP) is 3.89. The lowest BCUT2D eigenvalue weighted by Crippen LogP contribution is -2.08. The number of aromatic nitrogens is 3. The van der Waals surface area contributed by atoms with Crippen molar-refractivity contribution in [3.8, 4) is 0 Å². The van der Waals surface area contributed by atoms with Crippen LogP contribution in [0.5, 0.6) is 0 Å². The van der Waals surface area contributed by atoms with Gasteiger partial charge in [-0.1, -0.05) is 72.4 Å². The van der Waals surface area contributed by atoms with Crippen molar-refractivity contribution in [1.29, 1.82) is 0 Å². The van der Waals surface area contributed by atoms with Crippen LogP contribution >= 0.6 is 23.5 Å². The van der Waals surface area contributed by atoms with E-state index in [4.69, 9.17) is 5.11 Å². The molecule has 26 heavy (non-hydrogen) atoms. The Kier molecular flexibility index (Phi) is 7.61. The van der Waals surface area contributed by atoms with Crippen molar-refractivity contribution >= 4 is 23.5 Å². The van der Waals surface area contributed by atoms with Crippen molar-refractivity contribution in [3.05, 3.63) is 77.6 Å². The van der Waals surface area contributed by atoms with Crippen LogP contribution in [0.3, 0.4) is 0 Å². The quantitative estimate of drug-likeness (QED) is 0.424. The molecule has 6 heteroatoms. The monoisotopic (exact) mass is 385 g/mol. The topological polar surface area (TPSA) is 50.9 Å². The summed E-state index contributed by atoms with van der Waals surface area (Å²) in [4.78, 5) is 0. The molecule has 0 atom stereocenters. The zero-order valence-corrected chi connectivity index (χ0v) is 16.3. The molecule has 1 N–H and O–H groups in total. The lowest BCUT2D eigenvalue weighted by Gasteiger charge is -2.10. The summed E-state index contributed by atoms with van der Waals surface area (Å²) in [5, 5.41) is 18.7. The summed E-state index contributed by atoms with van der Waals surface area (Å²) >= 11 is 3.47. The number of aliphatic hydroxyl groups excluding tert-OH is 1. The number of benzene rings is 2. The van der Waals surface area contributed by atoms with Gasteiger partial charge in [0.25, 0.3) is 0 Å². The van der Waals surface area contributed by atoms with E-state index in [1.807, 2.05) is 23.9 Å². The van der Waals surface area contributed by atoms with E-state index in [9.17, 15) is 0 Å². The van der Waals surface area contributed by atoms with E-state index in [1.165, 1.54) is 11.1 Å². The molecule has 0 saturated heterocycles. The Balaban J connectivity index is 1.62. The molecule has 0 bridgehead atoms. The average Bonchev–Trinajstić information content (AvgIpc) is 3.07. The van der Waals surface area contributed by atoms with Crippen LogP contribution < -0.4 is 0 Å². The van der Waals surface area contributed by atoms with Gasteiger partial charge >= 0.3 is 0 Å². The maximum atomic E-state index is 9.11. The Morgan fingerprint density at radius 3 is 2.23 bits per heavy atom. The number of rotatable bonds is 10. The van der Waals surface area contributed by atoms with E-state index in [0.29, 0.717) is 5.75 Å². The first-order valence-corrected chi connectivity index (χ1v) is 10.8. The van der Waals surface area contributed by atoms with Crippen molar-refractivity contribution in [2.75, 3.05) is 18.1 Å². The molecule has 0 aliphatic heterocycles. The molecular weight excluding hydrogens is 362 g/mol. The second kappa shape index (κ2) is 10.4. The van der Waals surface area contributed by atoms with Gasteiger partial charge in [0.15, 0.2) is 5.16 Å². The zero-order valence-electron chi connectivity index (χ0n) is 14.6. The van der Waals surface area contributed by atoms with Crippen molar-refractivity contribution in [2.45, 2.75) is 23.9 Å². The highest BCUT2D eigenvalue weighted by atomic mass is 32.2. The first-order chi connectivity index (χ1) is 12.9. The molecule has 0 fully saturated rings. The van der Waals surface area contributed by atoms with Crippen molar-refractivity contribution in [3.63, 3.8) is 0 Å². The van der Waals surface area contributed by atoms with Crippen LogP contribution in [0.1, 0.15) is 17.0 Å². The van der Waals surface area contributed by atoms with Gasteiger partial charge in [0.05, 0.1) is 13.2 Å². The Labute approximate surface area is 163 Å². The maximum Gasteiger partial charge on any atom is 0.191 e. The second-order valence-electron chi connectivity index (χ2n) is 5.83. The summed E-state index contributed by atoms with van der Waals surface area (Å²) in [6, 6.07) is 20.9. The smallest absolute Gasteiger partial charge is 0.191 e. The van der Waals surface area contributed by atoms with Gasteiger partial charge in [0.1, 0.15) is 5.82 Å². The van der Waals surface area contributed by atoms with Crippen LogP contribution in [0, 0.1) is 0 Å². The molecular formula is C20H23N3OS2. The third-order valence-corrected chi connectivity index (χ3v) is 5.86. The first-order valence-electron chi connectivity index (χ1n) is 8.68. The molecule has 0 aliphatic rings. The highest BCUT2D eigenvalue weighted by Gasteiger charge is 2.13. The van der Waals surface area contributed by atoms with Gasteiger partial charge in [-0.25, -0.2) is 0 Å². The number of thioether (sulfide) groups is 2. The Morgan fingerprint density at radius 2 is 1.54 bits per heavy atom. The van der Waals surface area contributed by atoms with Gasteiger partial charge in [-0.05, 0) is 11.1 Å². The van der Waals surface area contributed by atoms with Gasteiger partial charge < -0.3 is 9.67 Å². The molecule has 136 valence electrons. The largest absolute Gasteiger partial charge is 0.396 e. The molecule has 3 aromatic rings. The Hall–Kier alpha value is -1.76. The van der Waals surface area contributed by atoms with E-state index >= 15 is 0 Å². The molecule has 3 rings (SSSR count). The summed E-state index contributed by atoms with van der Waals surface area (Å²) in [5.41, 5.74) is 2.58. The van der Waals surface area contributed by atoms with Crippen LogP contribution in [0.4, 0.5) is 0 Å². The second-order valence-corrected chi connectivity index (χ2v) is 8.00. The lowest BCUT2D eigenvalue weighted by atomic mass is 10.2. The summed E-state index contributed by atoms with van der Waals surface area (Å²) in [6.07, 6.45) is 0.886. The molecule has 1 heterocycles. The fourth-order valence-corrected chi connectivity index (χ4v) is 4.20. The third kappa shape index (κ3) is 5.62. The minimum Gasteiger partial charge on any atom is -0.396 e. The summed E-state index contributed by atoms with van der Waals surface area (Å²) in [7, 11) is 0. The highest BCUT2D eigenvalue weighted by molar-refractivity contribution is 7.99. The Bertz CT molecular complexity index is 778. The van der Waals surface area contributed by atoms with Crippen LogP contribution in [0.25, 0.3) is 0 Å². The minimum atomic E-state index is 0.144. The molecule has 0 aliphatic carbocycles. The number of nitrogens with zero attached hydrogens (tertiary/aromatic N) is 3. The van der Waals surface area contributed by atoms with Gasteiger partial charge in [-0.2, -0.15) is 11.8 Å². The van der Waals surface area contributed by atoms with E-state index in [-0.39, 0.29) is 6.61 Å². The molecule has 4 nitrogen and oxygen atoms in total. The van der Waals surface area contributed by atoms with Gasteiger partial charge in [-0.3, -0.25) is 0 Å². The minimum absolute atomic E-state index is 0.144. The zero-order chi connectivity index (χ0) is 18.0. The molecule has 1 aromatic heterocycles. The number of aryl methyl sites for hydroxylation is 1. The number of hydrogen-bond acceptors (Lipinski definition) is 5. The normalized spacial score (nSPS) is 11.0. The van der Waals surface area contributed by atoms with Crippen LogP contribution in [-0.4, -0.2) is 38.0 Å². The molecule has 0 radical (unpaired) electrons. The Morgan fingerprint density at radius 1 is 0.846 bits per heavy atom. The van der Waals surface area contributed by atoms with Gasteiger partial charge in [-0.15, -0.1) is 10.2 Å². The standard InChI is InChI=1S/C20H23N3OS2/c24-12-14-26-20-22-21-19(23(20)15-17-7-3-1-4-8-17)11-13-25-16-18-9-5-2-6-10-18/h1-10,24H,11-16H2. The highest BCUT2D eigenvalue weighted by Crippen LogP contribution is 2.20. The van der Waals surface area contributed by atoms with Gasteiger partial charge in [0.2, 0.25) is 0 Å². The molecule has 0 saturated carbocycles. The molecule has 0 unspecified atom stereocenters. The predicted molar refractivity (Wildman–Crippen MR) is 110 cm³/mol. The maximum absolute atomic E-state index is 9.11. The molecule has 2 aromatic carbocycles. The van der Waals surface area contributed by atoms with Crippen molar-refractivity contribution in [2.24, 2.45) is 0 Å². The van der Waals surface area contributed by atoms with E-state index < -0.39 is 0 Å². The van der Waals surface area contributed by atoms with E-state index in [1.54, 1.807) is 11.8 Å². The van der Waals surface area contributed by atoms with Crippen LogP contribution in [0.15, 0.2) is 65.8 Å². The van der Waals surface area contributed by atoms with Crippen LogP contribution in [-0.2, 0) is 18.7 Å². The fourth-order valence-electron chi connectivity index (χ4n) is 2.60. The third-order valence-electron chi connectivity index (χ3n) is 3.88.